The van der Waals surface area contributed by atoms with Crippen LogP contribution >= 0.6 is 0 Å². The highest BCUT2D eigenvalue weighted by Crippen LogP contribution is 2.21. The molecule has 5 heteroatoms. The fourth-order valence-corrected chi connectivity index (χ4v) is 3.64. The van der Waals surface area contributed by atoms with Crippen molar-refractivity contribution in [3.63, 3.8) is 0 Å². The molecule has 152 valence electrons. The summed E-state index contributed by atoms with van der Waals surface area (Å²) in [4.78, 5) is 4.51. The molecule has 1 heterocycles. The van der Waals surface area contributed by atoms with E-state index in [0.29, 0.717) is 19.8 Å². The lowest BCUT2D eigenvalue weighted by Crippen LogP contribution is -2.38. The number of hydrogen-bond donors (Lipinski definition) is 1. The van der Waals surface area contributed by atoms with Gasteiger partial charge in [-0.1, -0.05) is 42.5 Å². The zero-order chi connectivity index (χ0) is 19.8. The van der Waals surface area contributed by atoms with Gasteiger partial charge in [0.2, 0.25) is 0 Å². The highest BCUT2D eigenvalue weighted by atomic mass is 16.5. The van der Waals surface area contributed by atoms with Gasteiger partial charge in [0.1, 0.15) is 18.5 Å². The molecule has 0 saturated carbocycles. The average Bonchev–Trinajstić information content (AvgIpc) is 2.71. The van der Waals surface area contributed by atoms with Crippen molar-refractivity contribution in [1.29, 1.82) is 0 Å². The summed E-state index contributed by atoms with van der Waals surface area (Å²) in [5.74, 6) is 0.842. The molecule has 1 unspecified atom stereocenters. The van der Waals surface area contributed by atoms with E-state index in [9.17, 15) is 5.11 Å². The molecule has 2 aromatic carbocycles. The maximum absolute atomic E-state index is 10.5. The smallest absolute Gasteiger partial charge is 0.123 e. The summed E-state index contributed by atoms with van der Waals surface area (Å²) in [6.07, 6.45) is 0.532. The van der Waals surface area contributed by atoms with Crippen LogP contribution < -0.4 is 4.74 Å². The first-order valence-corrected chi connectivity index (χ1v) is 10.0. The van der Waals surface area contributed by atoms with Crippen LogP contribution in [0.15, 0.2) is 48.5 Å². The molecule has 0 aliphatic carbocycles. The van der Waals surface area contributed by atoms with Gasteiger partial charge in [-0.2, -0.15) is 0 Å². The lowest BCUT2D eigenvalue weighted by molar-refractivity contribution is 0.0631. The van der Waals surface area contributed by atoms with E-state index in [2.05, 4.69) is 47.2 Å². The van der Waals surface area contributed by atoms with Gasteiger partial charge in [0.05, 0.1) is 6.61 Å². The average molecular weight is 385 g/mol. The number of aliphatic hydroxyl groups excluding tert-OH is 1. The predicted octanol–water partition coefficient (Wildman–Crippen LogP) is 2.56. The molecule has 1 aliphatic heterocycles. The number of benzene rings is 2. The topological polar surface area (TPSA) is 45.2 Å². The second kappa shape index (κ2) is 10.6. The molecule has 0 spiro atoms. The molecule has 1 aliphatic rings. The van der Waals surface area contributed by atoms with Crippen LogP contribution in [0.4, 0.5) is 0 Å². The van der Waals surface area contributed by atoms with Crippen molar-refractivity contribution < 1.29 is 14.6 Å². The maximum Gasteiger partial charge on any atom is 0.123 e. The third-order valence-electron chi connectivity index (χ3n) is 5.20. The van der Waals surface area contributed by atoms with E-state index < -0.39 is 6.10 Å². The molecule has 1 atom stereocenters. The molecule has 0 bridgehead atoms. The van der Waals surface area contributed by atoms with E-state index in [-0.39, 0.29) is 0 Å². The Hall–Kier alpha value is -1.92. The number of β-amino-alcohol motifs (C(OH)–C–C–N with tert-alkyl or cyclic N) is 1. The maximum atomic E-state index is 10.5. The Kier molecular flexibility index (Phi) is 7.86. The van der Waals surface area contributed by atoms with Crippen LogP contribution in [0.5, 0.6) is 5.75 Å². The molecule has 1 N–H and O–H groups in total. The SMILES string of the molecule is COCCN(C)Cc1ccccc1OCC(O)CN1CCc2ccccc2C1. The molecule has 0 amide bonds. The summed E-state index contributed by atoms with van der Waals surface area (Å²) >= 11 is 0. The number of fused-ring (bicyclic) bond motifs is 1. The van der Waals surface area contributed by atoms with Gasteiger partial charge in [-0.15, -0.1) is 0 Å². The fraction of sp³-hybridized carbons (Fsp3) is 0.478. The lowest BCUT2D eigenvalue weighted by atomic mass is 10.00. The van der Waals surface area contributed by atoms with Crippen LogP contribution in [-0.2, 0) is 24.2 Å². The van der Waals surface area contributed by atoms with E-state index in [1.807, 2.05) is 18.2 Å². The summed E-state index contributed by atoms with van der Waals surface area (Å²) in [5.41, 5.74) is 3.92. The van der Waals surface area contributed by atoms with Gasteiger partial charge in [-0.05, 0) is 30.7 Å². The number of rotatable bonds is 10. The summed E-state index contributed by atoms with van der Waals surface area (Å²) in [7, 11) is 3.78. The first-order chi connectivity index (χ1) is 13.7. The number of para-hydroxylation sites is 1. The van der Waals surface area contributed by atoms with Crippen LogP contribution in [-0.4, -0.2) is 68.0 Å². The Bertz CT molecular complexity index is 737. The van der Waals surface area contributed by atoms with Gasteiger partial charge in [-0.3, -0.25) is 9.80 Å². The van der Waals surface area contributed by atoms with Crippen LogP contribution in [0.1, 0.15) is 16.7 Å². The summed E-state index contributed by atoms with van der Waals surface area (Å²) in [5, 5.41) is 10.5. The monoisotopic (exact) mass is 384 g/mol. The van der Waals surface area contributed by atoms with Gasteiger partial charge in [0.25, 0.3) is 0 Å². The second-order valence-corrected chi connectivity index (χ2v) is 7.56. The van der Waals surface area contributed by atoms with Crippen molar-refractivity contribution in [1.82, 2.24) is 9.80 Å². The molecule has 0 saturated heterocycles. The van der Waals surface area contributed by atoms with Crippen molar-refractivity contribution in [2.45, 2.75) is 25.6 Å². The normalized spacial score (nSPS) is 15.4. The molecule has 2 aromatic rings. The largest absolute Gasteiger partial charge is 0.491 e. The number of hydrogen-bond acceptors (Lipinski definition) is 5. The van der Waals surface area contributed by atoms with Crippen molar-refractivity contribution >= 4 is 0 Å². The Labute approximate surface area is 168 Å². The molecular weight excluding hydrogens is 352 g/mol. The number of ether oxygens (including phenoxy) is 2. The van der Waals surface area contributed by atoms with Crippen molar-refractivity contribution in [2.75, 3.05) is 47.0 Å². The highest BCUT2D eigenvalue weighted by molar-refractivity contribution is 5.33. The van der Waals surface area contributed by atoms with E-state index >= 15 is 0 Å². The summed E-state index contributed by atoms with van der Waals surface area (Å²) < 4.78 is 11.1. The van der Waals surface area contributed by atoms with Gasteiger partial charge < -0.3 is 14.6 Å². The summed E-state index contributed by atoms with van der Waals surface area (Å²) in [6, 6.07) is 16.6. The van der Waals surface area contributed by atoms with Crippen LogP contribution in [0.2, 0.25) is 0 Å². The van der Waals surface area contributed by atoms with Crippen LogP contribution in [0.3, 0.4) is 0 Å². The Morgan fingerprint density at radius 3 is 2.68 bits per heavy atom. The Morgan fingerprint density at radius 2 is 1.86 bits per heavy atom. The second-order valence-electron chi connectivity index (χ2n) is 7.56. The van der Waals surface area contributed by atoms with Gasteiger partial charge in [-0.25, -0.2) is 0 Å². The quantitative estimate of drug-likeness (QED) is 0.682. The molecule has 0 radical (unpaired) electrons. The predicted molar refractivity (Wildman–Crippen MR) is 112 cm³/mol. The zero-order valence-corrected chi connectivity index (χ0v) is 17.0. The fourth-order valence-electron chi connectivity index (χ4n) is 3.64. The van der Waals surface area contributed by atoms with E-state index in [4.69, 9.17) is 9.47 Å². The highest BCUT2D eigenvalue weighted by Gasteiger charge is 2.19. The number of methoxy groups -OCH3 is 1. The Balaban J connectivity index is 1.49. The minimum Gasteiger partial charge on any atom is -0.491 e. The zero-order valence-electron chi connectivity index (χ0n) is 17.0. The third-order valence-corrected chi connectivity index (χ3v) is 5.20. The lowest BCUT2D eigenvalue weighted by Gasteiger charge is -2.30. The van der Waals surface area contributed by atoms with E-state index in [0.717, 1.165) is 43.9 Å². The number of aliphatic hydroxyl groups is 1. The van der Waals surface area contributed by atoms with Gasteiger partial charge in [0.15, 0.2) is 0 Å². The Morgan fingerprint density at radius 1 is 1.11 bits per heavy atom. The van der Waals surface area contributed by atoms with E-state index in [1.165, 1.54) is 11.1 Å². The van der Waals surface area contributed by atoms with Crippen LogP contribution in [0, 0.1) is 0 Å². The van der Waals surface area contributed by atoms with Crippen molar-refractivity contribution in [3.05, 3.63) is 65.2 Å². The molecule has 0 aromatic heterocycles. The molecule has 3 rings (SSSR count). The number of nitrogens with zero attached hydrogens (tertiary/aromatic N) is 2. The van der Waals surface area contributed by atoms with Crippen molar-refractivity contribution in [3.8, 4) is 5.75 Å². The summed E-state index contributed by atoms with van der Waals surface area (Å²) in [6.45, 7) is 5.17. The minimum absolute atomic E-state index is 0.303. The molecule has 5 nitrogen and oxygen atoms in total. The first-order valence-electron chi connectivity index (χ1n) is 10.0. The molecule has 28 heavy (non-hydrogen) atoms. The van der Waals surface area contributed by atoms with E-state index in [1.54, 1.807) is 7.11 Å². The molecule has 0 fully saturated rings. The minimum atomic E-state index is -0.510. The molecular formula is C23H32N2O3. The standard InChI is InChI=1S/C23H32N2O3/c1-24(13-14-27-2)15-21-9-5-6-10-23(21)28-18-22(26)17-25-12-11-19-7-3-4-8-20(19)16-25/h3-10,22,26H,11-18H2,1-2H3. The third kappa shape index (κ3) is 6.04. The van der Waals surface area contributed by atoms with Gasteiger partial charge >= 0.3 is 0 Å². The first kappa shape index (κ1) is 20.8. The van der Waals surface area contributed by atoms with Crippen molar-refractivity contribution in [2.24, 2.45) is 0 Å². The van der Waals surface area contributed by atoms with Crippen LogP contribution in [0.25, 0.3) is 0 Å². The van der Waals surface area contributed by atoms with Gasteiger partial charge in [0, 0.05) is 45.4 Å². The number of likely N-dealkylation sites (N-methyl/N-ethyl adjacent to an activating group) is 1.